The topological polar surface area (TPSA) is 113 Å². The summed E-state index contributed by atoms with van der Waals surface area (Å²) < 4.78 is 41.6. The minimum absolute atomic E-state index is 0.0380. The van der Waals surface area contributed by atoms with Gasteiger partial charge in [-0.3, -0.25) is 9.89 Å². The lowest BCUT2D eigenvalue weighted by molar-refractivity contribution is 0.0905. The van der Waals surface area contributed by atoms with E-state index in [1.54, 1.807) is 10.6 Å². The van der Waals surface area contributed by atoms with Crippen LogP contribution in [-0.2, 0) is 16.4 Å². The number of rotatable bonds is 9. The molecule has 0 radical (unpaired) electrons. The number of carbonyl (C=O) groups excluding carboxylic acids is 1. The highest BCUT2D eigenvalue weighted by molar-refractivity contribution is 7.99. The Hall–Kier alpha value is -3.87. The second-order valence-corrected chi connectivity index (χ2v) is 12.4. The summed E-state index contributed by atoms with van der Waals surface area (Å²) in [6.45, 7) is 0.523. The smallest absolute Gasteiger partial charge is 0.243 e. The molecule has 4 heterocycles. The van der Waals surface area contributed by atoms with Gasteiger partial charge in [-0.25, -0.2) is 22.3 Å². The number of halogens is 1. The standard InChI is InChI=1S/C27H23FN6O3S2/c28-20-6-8-23(9-7-20)39(36,37)33-15-18(16-33)11-26(35)19-3-1-4-22(12-19)38-27-14-21(31-32-27)13-24-25-5-2-10-34(25)30-17-29-24/h1-10,12,14,17-18H,11,13,15-16H2,(H,31,32). The molecule has 3 aromatic heterocycles. The normalized spacial score (nSPS) is 14.5. The quantitative estimate of drug-likeness (QED) is 0.268. The minimum atomic E-state index is -3.69. The first-order valence-electron chi connectivity index (χ1n) is 12.2. The van der Waals surface area contributed by atoms with Crippen LogP contribution in [-0.4, -0.2) is 56.4 Å². The van der Waals surface area contributed by atoms with Crippen LogP contribution < -0.4 is 0 Å². The highest BCUT2D eigenvalue weighted by Crippen LogP contribution is 2.30. The number of carbonyl (C=O) groups is 1. The Balaban J connectivity index is 1.06. The summed E-state index contributed by atoms with van der Waals surface area (Å²) in [6.07, 6.45) is 4.24. The van der Waals surface area contributed by atoms with Crippen molar-refractivity contribution in [2.24, 2.45) is 5.92 Å². The van der Waals surface area contributed by atoms with Crippen molar-refractivity contribution in [3.05, 3.63) is 102 Å². The number of hydrogen-bond acceptors (Lipinski definition) is 7. The van der Waals surface area contributed by atoms with Crippen LogP contribution in [0.1, 0.15) is 28.2 Å². The maximum absolute atomic E-state index is 13.1. The second kappa shape index (κ2) is 10.4. The van der Waals surface area contributed by atoms with Gasteiger partial charge in [0.1, 0.15) is 17.2 Å². The number of Topliss-reactive ketones (excluding diaryl/α,β-unsaturated/α-hetero) is 1. The summed E-state index contributed by atoms with van der Waals surface area (Å²) in [6, 6.07) is 18.0. The number of hydrogen-bond donors (Lipinski definition) is 1. The van der Waals surface area contributed by atoms with Gasteiger partial charge < -0.3 is 0 Å². The van der Waals surface area contributed by atoms with Gasteiger partial charge in [0.25, 0.3) is 0 Å². The van der Waals surface area contributed by atoms with Crippen molar-refractivity contribution in [3.8, 4) is 0 Å². The predicted molar refractivity (Wildman–Crippen MR) is 143 cm³/mol. The number of aromatic amines is 1. The first-order valence-corrected chi connectivity index (χ1v) is 14.5. The molecule has 0 bridgehead atoms. The maximum Gasteiger partial charge on any atom is 0.243 e. The highest BCUT2D eigenvalue weighted by atomic mass is 32.2. The van der Waals surface area contributed by atoms with Crippen LogP contribution in [0.5, 0.6) is 0 Å². The Morgan fingerprint density at radius 2 is 1.90 bits per heavy atom. The van der Waals surface area contributed by atoms with E-state index in [1.807, 2.05) is 42.6 Å². The summed E-state index contributed by atoms with van der Waals surface area (Å²) >= 11 is 1.45. The molecule has 1 N–H and O–H groups in total. The lowest BCUT2D eigenvalue weighted by atomic mass is 9.94. The van der Waals surface area contributed by atoms with Crippen LogP contribution in [0.2, 0.25) is 0 Å². The molecule has 9 nitrogen and oxygen atoms in total. The monoisotopic (exact) mass is 562 g/mol. The van der Waals surface area contributed by atoms with Gasteiger partial charge in [-0.1, -0.05) is 23.9 Å². The Bertz CT molecular complexity index is 1760. The molecule has 0 aliphatic carbocycles. The Kier molecular flexibility index (Phi) is 6.75. The molecule has 12 heteroatoms. The van der Waals surface area contributed by atoms with E-state index in [9.17, 15) is 17.6 Å². The van der Waals surface area contributed by atoms with E-state index in [2.05, 4.69) is 20.3 Å². The molecule has 1 aliphatic heterocycles. The largest absolute Gasteiger partial charge is 0.294 e. The van der Waals surface area contributed by atoms with Crippen molar-refractivity contribution in [2.75, 3.05) is 13.1 Å². The average Bonchev–Trinajstić information content (AvgIpc) is 3.56. The molecule has 1 aliphatic rings. The molecule has 0 amide bonds. The van der Waals surface area contributed by atoms with E-state index in [-0.39, 0.29) is 36.1 Å². The van der Waals surface area contributed by atoms with Crippen LogP contribution in [0.15, 0.2) is 94.1 Å². The van der Waals surface area contributed by atoms with E-state index < -0.39 is 15.8 Å². The number of sulfonamides is 1. The number of nitrogens with one attached hydrogen (secondary N) is 1. The molecule has 0 atom stereocenters. The molecular formula is C27H23FN6O3S2. The van der Waals surface area contributed by atoms with Crippen LogP contribution in [0.25, 0.3) is 5.52 Å². The lowest BCUT2D eigenvalue weighted by Gasteiger charge is -2.37. The highest BCUT2D eigenvalue weighted by Gasteiger charge is 2.37. The van der Waals surface area contributed by atoms with Gasteiger partial charge in [-0.2, -0.15) is 14.5 Å². The van der Waals surface area contributed by atoms with Crippen LogP contribution in [0.4, 0.5) is 4.39 Å². The fourth-order valence-corrected chi connectivity index (χ4v) is 7.01. The Labute approximate surface area is 228 Å². The third kappa shape index (κ3) is 5.35. The van der Waals surface area contributed by atoms with Crippen LogP contribution in [0, 0.1) is 11.7 Å². The molecule has 6 rings (SSSR count). The number of aromatic nitrogens is 5. The van der Waals surface area contributed by atoms with Gasteiger partial charge in [-0.05, 0) is 60.5 Å². The molecule has 198 valence electrons. The van der Waals surface area contributed by atoms with Crippen molar-refractivity contribution in [1.29, 1.82) is 0 Å². The average molecular weight is 563 g/mol. The molecule has 0 unspecified atom stereocenters. The van der Waals surface area contributed by atoms with Crippen molar-refractivity contribution >= 4 is 33.1 Å². The zero-order chi connectivity index (χ0) is 27.0. The van der Waals surface area contributed by atoms with E-state index in [0.717, 1.165) is 39.0 Å². The number of benzene rings is 2. The molecule has 5 aromatic rings. The van der Waals surface area contributed by atoms with Crippen molar-refractivity contribution < 1.29 is 17.6 Å². The summed E-state index contributed by atoms with van der Waals surface area (Å²) in [5, 5.41) is 12.4. The Morgan fingerprint density at radius 1 is 1.08 bits per heavy atom. The lowest BCUT2D eigenvalue weighted by Crippen LogP contribution is -2.50. The van der Waals surface area contributed by atoms with Gasteiger partial charge >= 0.3 is 0 Å². The first kappa shape index (κ1) is 25.4. The number of H-pyrrole nitrogens is 1. The van der Waals surface area contributed by atoms with Crippen LogP contribution >= 0.6 is 11.8 Å². The minimum Gasteiger partial charge on any atom is -0.294 e. The maximum atomic E-state index is 13.1. The molecule has 0 spiro atoms. The third-order valence-electron chi connectivity index (χ3n) is 6.61. The second-order valence-electron chi connectivity index (χ2n) is 9.35. The molecule has 0 saturated carbocycles. The third-order valence-corrected chi connectivity index (χ3v) is 9.36. The first-order chi connectivity index (χ1) is 18.8. The Morgan fingerprint density at radius 3 is 2.72 bits per heavy atom. The molecular weight excluding hydrogens is 539 g/mol. The van der Waals surface area contributed by atoms with E-state index in [4.69, 9.17) is 0 Å². The summed E-state index contributed by atoms with van der Waals surface area (Å²) in [4.78, 5) is 18.3. The van der Waals surface area contributed by atoms with Crippen molar-refractivity contribution in [3.63, 3.8) is 0 Å². The summed E-state index contributed by atoms with van der Waals surface area (Å²) in [7, 11) is -3.69. The number of fused-ring (bicyclic) bond motifs is 1. The summed E-state index contributed by atoms with van der Waals surface area (Å²) in [5.41, 5.74) is 3.32. The van der Waals surface area contributed by atoms with E-state index in [0.29, 0.717) is 12.0 Å². The van der Waals surface area contributed by atoms with Crippen molar-refractivity contribution in [1.82, 2.24) is 29.1 Å². The van der Waals surface area contributed by atoms with Gasteiger partial charge in [0.05, 0.1) is 16.1 Å². The van der Waals surface area contributed by atoms with Gasteiger partial charge in [0.2, 0.25) is 10.0 Å². The van der Waals surface area contributed by atoms with E-state index >= 15 is 0 Å². The zero-order valence-electron chi connectivity index (χ0n) is 20.6. The van der Waals surface area contributed by atoms with Gasteiger partial charge in [0, 0.05) is 48.3 Å². The van der Waals surface area contributed by atoms with Crippen molar-refractivity contribution in [2.45, 2.75) is 27.7 Å². The fourth-order valence-electron chi connectivity index (χ4n) is 4.56. The predicted octanol–water partition coefficient (Wildman–Crippen LogP) is 4.23. The SMILES string of the molecule is O=C(CC1CN(S(=O)(=O)c2ccc(F)cc2)C1)c1cccc(Sc2cc(Cc3ncnn4cccc34)[nH]n2)c1. The number of nitrogens with zero attached hydrogens (tertiary/aromatic N) is 5. The van der Waals surface area contributed by atoms with Crippen LogP contribution in [0.3, 0.4) is 0 Å². The van der Waals surface area contributed by atoms with Gasteiger partial charge in [-0.15, -0.1) is 0 Å². The summed E-state index contributed by atoms with van der Waals surface area (Å²) in [5.74, 6) is -0.592. The number of ketones is 1. The molecule has 1 fully saturated rings. The fraction of sp³-hybridized carbons (Fsp3) is 0.185. The van der Waals surface area contributed by atoms with E-state index in [1.165, 1.54) is 34.5 Å². The molecule has 2 aromatic carbocycles. The molecule has 39 heavy (non-hydrogen) atoms. The zero-order valence-corrected chi connectivity index (χ0v) is 22.2. The van der Waals surface area contributed by atoms with Gasteiger partial charge in [0.15, 0.2) is 5.78 Å². The molecule has 1 saturated heterocycles.